The molecular weight excluding hydrogens is 168 g/mol. The molecule has 3 heteroatoms. The van der Waals surface area contributed by atoms with E-state index in [1.165, 1.54) is 0 Å². The number of carbonyl (C=O) groups is 1. The average molecular weight is 184 g/mol. The Morgan fingerprint density at radius 1 is 1.38 bits per heavy atom. The molecule has 0 aromatic rings. The monoisotopic (exact) mass is 184 g/mol. The van der Waals surface area contributed by atoms with Gasteiger partial charge in [-0.1, -0.05) is 0 Å². The maximum absolute atomic E-state index is 11.8. The van der Waals surface area contributed by atoms with Crippen LogP contribution in [-0.2, 0) is 9.53 Å². The molecule has 13 heavy (non-hydrogen) atoms. The van der Waals surface area contributed by atoms with Gasteiger partial charge in [0.05, 0.1) is 6.61 Å². The molecule has 0 radical (unpaired) electrons. The third-order valence-electron chi connectivity index (χ3n) is 3.19. The fourth-order valence-electron chi connectivity index (χ4n) is 2.33. The van der Waals surface area contributed by atoms with Crippen LogP contribution in [0.4, 0.5) is 0 Å². The largest absolute Gasteiger partial charge is 0.382 e. The van der Waals surface area contributed by atoms with Crippen LogP contribution in [0.2, 0.25) is 0 Å². The molecule has 0 amide bonds. The van der Waals surface area contributed by atoms with Crippen molar-refractivity contribution in [3.63, 3.8) is 0 Å². The molecule has 74 valence electrons. The van der Waals surface area contributed by atoms with Gasteiger partial charge in [0.2, 0.25) is 0 Å². The van der Waals surface area contributed by atoms with Gasteiger partial charge in [-0.25, -0.2) is 0 Å². The summed E-state index contributed by atoms with van der Waals surface area (Å²) in [5.41, 5.74) is -1.00. The Bertz CT molecular complexity index is 200. The maximum Gasteiger partial charge on any atom is 0.169 e. The number of ketones is 1. The summed E-state index contributed by atoms with van der Waals surface area (Å²) in [6, 6.07) is 0. The van der Waals surface area contributed by atoms with Gasteiger partial charge in [-0.3, -0.25) is 4.79 Å². The maximum atomic E-state index is 11.8. The van der Waals surface area contributed by atoms with Gasteiger partial charge >= 0.3 is 0 Å². The fraction of sp³-hybridized carbons (Fsp3) is 0.900. The lowest BCUT2D eigenvalue weighted by atomic mass is 9.87. The Hall–Kier alpha value is -0.410. The van der Waals surface area contributed by atoms with E-state index in [0.717, 1.165) is 19.3 Å². The summed E-state index contributed by atoms with van der Waals surface area (Å²) in [7, 11) is 0. The minimum absolute atomic E-state index is 0.0301. The lowest BCUT2D eigenvalue weighted by molar-refractivity contribution is -0.141. The summed E-state index contributed by atoms with van der Waals surface area (Å²) < 4.78 is 5.15. The van der Waals surface area contributed by atoms with Crippen LogP contribution in [0.15, 0.2) is 0 Å². The zero-order valence-corrected chi connectivity index (χ0v) is 7.79. The quantitative estimate of drug-likeness (QED) is 0.693. The molecule has 0 bridgehead atoms. The number of rotatable bonds is 2. The first-order valence-electron chi connectivity index (χ1n) is 5.07. The van der Waals surface area contributed by atoms with Gasteiger partial charge in [-0.2, -0.15) is 0 Å². The van der Waals surface area contributed by atoms with Crippen LogP contribution < -0.4 is 0 Å². The Balaban J connectivity index is 2.02. The summed E-state index contributed by atoms with van der Waals surface area (Å²) in [5.74, 6) is -0.00870. The average Bonchev–Trinajstić information content (AvgIpc) is 2.73. The Labute approximate surface area is 78.1 Å². The smallest absolute Gasteiger partial charge is 0.169 e. The van der Waals surface area contributed by atoms with Crippen molar-refractivity contribution in [1.82, 2.24) is 0 Å². The first kappa shape index (κ1) is 9.16. The Morgan fingerprint density at radius 3 is 2.62 bits per heavy atom. The van der Waals surface area contributed by atoms with Gasteiger partial charge in [0.25, 0.3) is 0 Å². The molecule has 1 heterocycles. The van der Waals surface area contributed by atoms with Crippen LogP contribution in [0.25, 0.3) is 0 Å². The summed E-state index contributed by atoms with van der Waals surface area (Å²) in [4.78, 5) is 11.8. The Kier molecular flexibility index (Phi) is 2.39. The number of aliphatic hydroxyl groups is 1. The van der Waals surface area contributed by atoms with Crippen molar-refractivity contribution in [2.75, 3.05) is 13.2 Å². The lowest BCUT2D eigenvalue weighted by Gasteiger charge is -2.23. The molecule has 3 nitrogen and oxygen atoms in total. The van der Waals surface area contributed by atoms with Crippen LogP contribution in [-0.4, -0.2) is 29.7 Å². The lowest BCUT2D eigenvalue weighted by Crippen LogP contribution is -2.40. The SMILES string of the molecule is O=C(C1CCOC1)C1(O)CCCC1. The molecule has 1 aliphatic heterocycles. The molecule has 1 N–H and O–H groups in total. The highest BCUT2D eigenvalue weighted by molar-refractivity contribution is 5.89. The predicted molar refractivity (Wildman–Crippen MR) is 47.4 cm³/mol. The molecule has 1 unspecified atom stereocenters. The zero-order chi connectivity index (χ0) is 9.31. The number of carbonyl (C=O) groups excluding carboxylic acids is 1. The van der Waals surface area contributed by atoms with E-state index in [1.807, 2.05) is 0 Å². The van der Waals surface area contributed by atoms with E-state index in [-0.39, 0.29) is 11.7 Å². The first-order chi connectivity index (χ1) is 6.22. The standard InChI is InChI=1S/C10H16O3/c11-9(8-3-6-13-7-8)10(12)4-1-2-5-10/h8,12H,1-7H2. The van der Waals surface area contributed by atoms with Gasteiger partial charge < -0.3 is 9.84 Å². The van der Waals surface area contributed by atoms with E-state index in [0.29, 0.717) is 26.1 Å². The highest BCUT2D eigenvalue weighted by Crippen LogP contribution is 2.34. The van der Waals surface area contributed by atoms with E-state index in [2.05, 4.69) is 0 Å². The number of hydrogen-bond donors (Lipinski definition) is 1. The first-order valence-corrected chi connectivity index (χ1v) is 5.07. The van der Waals surface area contributed by atoms with Gasteiger partial charge in [0.15, 0.2) is 5.78 Å². The second kappa shape index (κ2) is 3.39. The van der Waals surface area contributed by atoms with Crippen molar-refractivity contribution in [3.8, 4) is 0 Å². The van der Waals surface area contributed by atoms with Gasteiger partial charge in [0, 0.05) is 12.5 Å². The molecule has 1 atom stereocenters. The van der Waals surface area contributed by atoms with Crippen LogP contribution in [0.1, 0.15) is 32.1 Å². The highest BCUT2D eigenvalue weighted by Gasteiger charge is 2.42. The fourth-order valence-corrected chi connectivity index (χ4v) is 2.33. The van der Waals surface area contributed by atoms with Crippen molar-refractivity contribution in [1.29, 1.82) is 0 Å². The second-order valence-electron chi connectivity index (χ2n) is 4.16. The van der Waals surface area contributed by atoms with E-state index in [9.17, 15) is 9.90 Å². The molecule has 0 spiro atoms. The van der Waals surface area contributed by atoms with Crippen molar-refractivity contribution >= 4 is 5.78 Å². The molecule has 2 rings (SSSR count). The zero-order valence-electron chi connectivity index (χ0n) is 7.79. The van der Waals surface area contributed by atoms with Crippen molar-refractivity contribution in [2.24, 2.45) is 5.92 Å². The third kappa shape index (κ3) is 1.63. The number of hydrogen-bond acceptors (Lipinski definition) is 3. The number of ether oxygens (including phenoxy) is 1. The third-order valence-corrected chi connectivity index (χ3v) is 3.19. The summed E-state index contributed by atoms with van der Waals surface area (Å²) >= 11 is 0. The molecule has 0 aromatic carbocycles. The normalized spacial score (nSPS) is 32.2. The van der Waals surface area contributed by atoms with E-state index in [4.69, 9.17) is 4.74 Å². The molecular formula is C10H16O3. The molecule has 1 saturated heterocycles. The summed E-state index contributed by atoms with van der Waals surface area (Å²) in [6.45, 7) is 1.19. The molecule has 1 aliphatic carbocycles. The number of Topliss-reactive ketones (excluding diaryl/α,β-unsaturated/α-hetero) is 1. The minimum Gasteiger partial charge on any atom is -0.382 e. The van der Waals surface area contributed by atoms with Crippen molar-refractivity contribution in [3.05, 3.63) is 0 Å². The van der Waals surface area contributed by atoms with Gasteiger partial charge in [-0.15, -0.1) is 0 Å². The van der Waals surface area contributed by atoms with Gasteiger partial charge in [-0.05, 0) is 32.1 Å². The van der Waals surface area contributed by atoms with Crippen LogP contribution in [0, 0.1) is 5.92 Å². The molecule has 0 aromatic heterocycles. The minimum atomic E-state index is -1.00. The summed E-state index contributed by atoms with van der Waals surface area (Å²) in [6.07, 6.45) is 4.07. The topological polar surface area (TPSA) is 46.5 Å². The van der Waals surface area contributed by atoms with E-state index in [1.54, 1.807) is 0 Å². The van der Waals surface area contributed by atoms with Crippen LogP contribution in [0.5, 0.6) is 0 Å². The summed E-state index contributed by atoms with van der Waals surface area (Å²) in [5, 5.41) is 10.0. The van der Waals surface area contributed by atoms with Crippen molar-refractivity contribution < 1.29 is 14.6 Å². The van der Waals surface area contributed by atoms with E-state index >= 15 is 0 Å². The second-order valence-corrected chi connectivity index (χ2v) is 4.16. The molecule has 2 aliphatic rings. The van der Waals surface area contributed by atoms with Crippen molar-refractivity contribution in [2.45, 2.75) is 37.7 Å². The van der Waals surface area contributed by atoms with Crippen LogP contribution >= 0.6 is 0 Å². The van der Waals surface area contributed by atoms with E-state index < -0.39 is 5.60 Å². The van der Waals surface area contributed by atoms with Crippen LogP contribution in [0.3, 0.4) is 0 Å². The molecule has 2 fully saturated rings. The predicted octanol–water partition coefficient (Wildman–Crippen LogP) is 0.897. The Morgan fingerprint density at radius 2 is 2.08 bits per heavy atom. The molecule has 1 saturated carbocycles. The highest BCUT2D eigenvalue weighted by atomic mass is 16.5. The van der Waals surface area contributed by atoms with Gasteiger partial charge in [0.1, 0.15) is 5.60 Å².